The van der Waals surface area contributed by atoms with Crippen molar-refractivity contribution in [1.29, 1.82) is 5.26 Å². The van der Waals surface area contributed by atoms with E-state index in [0.717, 1.165) is 17.0 Å². The molecule has 0 radical (unpaired) electrons. The molecule has 0 bridgehead atoms. The van der Waals surface area contributed by atoms with Crippen molar-refractivity contribution in [1.82, 2.24) is 15.2 Å². The Bertz CT molecular complexity index is 998. The van der Waals surface area contributed by atoms with E-state index in [2.05, 4.69) is 21.3 Å². The summed E-state index contributed by atoms with van der Waals surface area (Å²) in [6, 6.07) is 9.38. The van der Waals surface area contributed by atoms with Crippen LogP contribution in [0, 0.1) is 25.2 Å². The van der Waals surface area contributed by atoms with E-state index in [-0.39, 0.29) is 5.82 Å². The first kappa shape index (κ1) is 17.3. The highest BCUT2D eigenvalue weighted by atomic mass is 16.5. The highest BCUT2D eigenvalue weighted by molar-refractivity contribution is 5.84. The lowest BCUT2D eigenvalue weighted by atomic mass is 9.97. The van der Waals surface area contributed by atoms with Crippen LogP contribution in [0.2, 0.25) is 0 Å². The average molecular weight is 349 g/mol. The van der Waals surface area contributed by atoms with Gasteiger partial charge in [-0.25, -0.2) is 4.98 Å². The summed E-state index contributed by atoms with van der Waals surface area (Å²) in [5.41, 5.74) is 10.9. The van der Waals surface area contributed by atoms with Crippen LogP contribution in [0.4, 0.5) is 5.82 Å². The fourth-order valence-corrected chi connectivity index (χ4v) is 2.98. The first-order valence-corrected chi connectivity index (χ1v) is 7.95. The van der Waals surface area contributed by atoms with Gasteiger partial charge in [0, 0.05) is 22.4 Å². The molecule has 0 aliphatic rings. The Morgan fingerprint density at radius 3 is 2.46 bits per heavy atom. The van der Waals surface area contributed by atoms with Crippen molar-refractivity contribution < 1.29 is 9.47 Å². The van der Waals surface area contributed by atoms with Crippen molar-refractivity contribution in [3.8, 4) is 40.0 Å². The summed E-state index contributed by atoms with van der Waals surface area (Å²) in [7, 11) is 3.16. The molecule has 0 aliphatic heterocycles. The summed E-state index contributed by atoms with van der Waals surface area (Å²) in [4.78, 5) is 4.42. The third-order valence-electron chi connectivity index (χ3n) is 4.24. The Labute approximate surface area is 151 Å². The van der Waals surface area contributed by atoms with Gasteiger partial charge in [0.2, 0.25) is 0 Å². The van der Waals surface area contributed by atoms with Crippen molar-refractivity contribution in [2.75, 3.05) is 20.0 Å². The van der Waals surface area contributed by atoms with Crippen LogP contribution >= 0.6 is 0 Å². The number of benzene rings is 1. The van der Waals surface area contributed by atoms with E-state index < -0.39 is 0 Å². The van der Waals surface area contributed by atoms with E-state index >= 15 is 0 Å². The average Bonchev–Trinajstić information content (AvgIpc) is 2.98. The van der Waals surface area contributed by atoms with E-state index in [1.54, 1.807) is 26.4 Å². The number of aryl methyl sites for hydroxylation is 2. The number of nitrogens with two attached hydrogens (primary N) is 1. The monoisotopic (exact) mass is 349 g/mol. The Hall–Kier alpha value is -3.53. The van der Waals surface area contributed by atoms with E-state index in [9.17, 15) is 5.26 Å². The van der Waals surface area contributed by atoms with Gasteiger partial charge in [-0.3, -0.25) is 5.10 Å². The van der Waals surface area contributed by atoms with Crippen molar-refractivity contribution >= 4 is 5.82 Å². The van der Waals surface area contributed by atoms with Crippen LogP contribution in [-0.4, -0.2) is 29.4 Å². The molecule has 3 rings (SSSR count). The lowest BCUT2D eigenvalue weighted by molar-refractivity contribution is 0.404. The molecule has 132 valence electrons. The summed E-state index contributed by atoms with van der Waals surface area (Å²) in [6.07, 6.45) is 0. The van der Waals surface area contributed by atoms with Gasteiger partial charge in [0.15, 0.2) is 0 Å². The molecule has 26 heavy (non-hydrogen) atoms. The molecule has 2 heterocycles. The number of ether oxygens (including phenoxy) is 2. The minimum atomic E-state index is 0.157. The van der Waals surface area contributed by atoms with Gasteiger partial charge in [0.25, 0.3) is 0 Å². The van der Waals surface area contributed by atoms with Crippen LogP contribution in [0.1, 0.15) is 17.0 Å². The molecule has 3 aromatic rings. The Balaban J connectivity index is 2.33. The van der Waals surface area contributed by atoms with Crippen LogP contribution in [0.25, 0.3) is 22.4 Å². The second-order valence-electron chi connectivity index (χ2n) is 5.80. The van der Waals surface area contributed by atoms with E-state index in [1.807, 2.05) is 26.0 Å². The second-order valence-corrected chi connectivity index (χ2v) is 5.80. The van der Waals surface area contributed by atoms with E-state index in [4.69, 9.17) is 15.2 Å². The molecule has 0 saturated carbocycles. The molecule has 0 unspecified atom stereocenters. The van der Waals surface area contributed by atoms with Crippen molar-refractivity contribution in [2.45, 2.75) is 13.8 Å². The first-order valence-electron chi connectivity index (χ1n) is 7.95. The molecular formula is C19H19N5O2. The SMILES string of the molecule is COc1ccc(OC)c(-c2cc(-c3c(C)n[nH]c3C)nc(N)c2C#N)c1. The quantitative estimate of drug-likeness (QED) is 0.748. The van der Waals surface area contributed by atoms with Crippen LogP contribution in [0.15, 0.2) is 24.3 Å². The van der Waals surface area contributed by atoms with Gasteiger partial charge in [0.05, 0.1) is 25.6 Å². The van der Waals surface area contributed by atoms with E-state index in [1.165, 1.54) is 0 Å². The second kappa shape index (κ2) is 6.76. The molecule has 3 N–H and O–H groups in total. The van der Waals surface area contributed by atoms with Crippen LogP contribution in [0.3, 0.4) is 0 Å². The zero-order chi connectivity index (χ0) is 18.8. The number of nitrogens with one attached hydrogen (secondary N) is 1. The lowest BCUT2D eigenvalue weighted by Crippen LogP contribution is -2.01. The standard InChI is InChI=1S/C19H19N5O2/c1-10-18(11(2)24-23-10)16-8-13(15(9-20)19(21)22-16)14-7-12(25-3)5-6-17(14)26-4/h5-8H,1-4H3,(H2,21,22)(H,23,24). The molecule has 1 aromatic carbocycles. The summed E-state index contributed by atoms with van der Waals surface area (Å²) in [5, 5.41) is 16.8. The van der Waals surface area contributed by atoms with Gasteiger partial charge in [-0.1, -0.05) is 0 Å². The number of anilines is 1. The fourth-order valence-electron chi connectivity index (χ4n) is 2.98. The van der Waals surface area contributed by atoms with Crippen LogP contribution in [-0.2, 0) is 0 Å². The number of hydrogen-bond donors (Lipinski definition) is 2. The molecule has 0 atom stereocenters. The minimum Gasteiger partial charge on any atom is -0.497 e. The third kappa shape index (κ3) is 2.82. The van der Waals surface area contributed by atoms with Gasteiger partial charge >= 0.3 is 0 Å². The molecular weight excluding hydrogens is 330 g/mol. The molecule has 0 fully saturated rings. The number of nitriles is 1. The predicted octanol–water partition coefficient (Wildman–Crippen LogP) is 3.23. The number of aromatic amines is 1. The smallest absolute Gasteiger partial charge is 0.142 e. The zero-order valence-corrected chi connectivity index (χ0v) is 15.0. The summed E-state index contributed by atoms with van der Waals surface area (Å²) in [6.45, 7) is 3.80. The lowest BCUT2D eigenvalue weighted by Gasteiger charge is -2.14. The first-order chi connectivity index (χ1) is 12.5. The molecule has 7 nitrogen and oxygen atoms in total. The van der Waals surface area contributed by atoms with Gasteiger partial charge in [-0.15, -0.1) is 0 Å². The highest BCUT2D eigenvalue weighted by Crippen LogP contribution is 2.39. The zero-order valence-electron chi connectivity index (χ0n) is 15.0. The van der Waals surface area contributed by atoms with Crippen LogP contribution < -0.4 is 15.2 Å². The van der Waals surface area contributed by atoms with Gasteiger partial charge in [-0.05, 0) is 38.1 Å². The topological polar surface area (TPSA) is 110 Å². The molecule has 0 spiro atoms. The molecule has 2 aromatic heterocycles. The molecule has 0 amide bonds. The number of nitrogens with zero attached hydrogens (tertiary/aromatic N) is 3. The molecule has 0 aliphatic carbocycles. The summed E-state index contributed by atoms with van der Waals surface area (Å²) >= 11 is 0. The largest absolute Gasteiger partial charge is 0.497 e. The van der Waals surface area contributed by atoms with E-state index in [0.29, 0.717) is 33.9 Å². The number of pyridine rings is 1. The van der Waals surface area contributed by atoms with Gasteiger partial charge < -0.3 is 15.2 Å². The van der Waals surface area contributed by atoms with Crippen LogP contribution in [0.5, 0.6) is 11.5 Å². The van der Waals surface area contributed by atoms with Gasteiger partial charge in [-0.2, -0.15) is 10.4 Å². The predicted molar refractivity (Wildman–Crippen MR) is 99.0 cm³/mol. The van der Waals surface area contributed by atoms with Crippen molar-refractivity contribution in [3.63, 3.8) is 0 Å². The maximum atomic E-state index is 9.62. The third-order valence-corrected chi connectivity index (χ3v) is 4.24. The minimum absolute atomic E-state index is 0.157. The summed E-state index contributed by atoms with van der Waals surface area (Å²) in [5.74, 6) is 1.42. The Morgan fingerprint density at radius 2 is 1.88 bits per heavy atom. The number of rotatable bonds is 4. The normalized spacial score (nSPS) is 10.4. The fraction of sp³-hybridized carbons (Fsp3) is 0.211. The number of aromatic nitrogens is 3. The Morgan fingerprint density at radius 1 is 1.12 bits per heavy atom. The maximum Gasteiger partial charge on any atom is 0.142 e. The van der Waals surface area contributed by atoms with Crippen molar-refractivity contribution in [3.05, 3.63) is 41.2 Å². The number of hydrogen-bond acceptors (Lipinski definition) is 6. The molecule has 7 heteroatoms. The summed E-state index contributed by atoms with van der Waals surface area (Å²) < 4.78 is 10.8. The number of H-pyrrole nitrogens is 1. The van der Waals surface area contributed by atoms with Crippen molar-refractivity contribution in [2.24, 2.45) is 0 Å². The number of nitrogen functional groups attached to an aromatic ring is 1. The Kier molecular flexibility index (Phi) is 4.50. The number of methoxy groups -OCH3 is 2. The highest BCUT2D eigenvalue weighted by Gasteiger charge is 2.19. The molecule has 0 saturated heterocycles. The maximum absolute atomic E-state index is 9.62. The van der Waals surface area contributed by atoms with Gasteiger partial charge in [0.1, 0.15) is 28.9 Å².